The average Bonchev–Trinajstić information content (AvgIpc) is 3.21. The Bertz CT molecular complexity index is 1130. The van der Waals surface area contributed by atoms with Crippen molar-refractivity contribution >= 4 is 39.7 Å². The smallest absolute Gasteiger partial charge is 0.286 e. The van der Waals surface area contributed by atoms with Gasteiger partial charge in [0.15, 0.2) is 16.6 Å². The second kappa shape index (κ2) is 9.63. The summed E-state index contributed by atoms with van der Waals surface area (Å²) in [6, 6.07) is 7.64. The molecule has 0 aliphatic rings. The van der Waals surface area contributed by atoms with Crippen LogP contribution < -0.4 is 19.5 Å². The molecule has 9 nitrogen and oxygen atoms in total. The Balaban J connectivity index is 1.89. The molecule has 0 unspecified atom stereocenters. The van der Waals surface area contributed by atoms with E-state index in [9.17, 15) is 14.9 Å². The third kappa shape index (κ3) is 4.86. The first-order valence-corrected chi connectivity index (χ1v) is 10.2. The van der Waals surface area contributed by atoms with Crippen LogP contribution in [0.5, 0.6) is 17.2 Å². The summed E-state index contributed by atoms with van der Waals surface area (Å²) in [5, 5.41) is 16.5. The van der Waals surface area contributed by atoms with Gasteiger partial charge in [-0.1, -0.05) is 11.6 Å². The predicted octanol–water partition coefficient (Wildman–Crippen LogP) is 5.04. The van der Waals surface area contributed by atoms with Crippen LogP contribution in [0, 0.1) is 10.1 Å². The molecule has 0 fully saturated rings. The molecular weight excluding hydrogens is 446 g/mol. The molecule has 31 heavy (non-hydrogen) atoms. The largest absolute Gasteiger partial charge is 0.495 e. The van der Waals surface area contributed by atoms with Crippen molar-refractivity contribution in [1.82, 2.24) is 4.98 Å². The van der Waals surface area contributed by atoms with E-state index in [-0.39, 0.29) is 22.2 Å². The van der Waals surface area contributed by atoms with Crippen molar-refractivity contribution in [3.05, 3.63) is 56.4 Å². The molecule has 1 N–H and O–H groups in total. The van der Waals surface area contributed by atoms with E-state index in [1.165, 1.54) is 31.6 Å². The number of nitrogens with one attached hydrogen (secondary N) is 1. The number of nitro groups is 1. The summed E-state index contributed by atoms with van der Waals surface area (Å²) in [6.45, 7) is 2.05. The number of thiazole rings is 1. The first-order valence-electron chi connectivity index (χ1n) is 8.97. The fraction of sp³-hybridized carbons (Fsp3) is 0.200. The summed E-state index contributed by atoms with van der Waals surface area (Å²) in [7, 11) is 2.89. The molecule has 0 atom stereocenters. The Hall–Kier alpha value is -3.37. The van der Waals surface area contributed by atoms with Crippen LogP contribution in [0.1, 0.15) is 17.3 Å². The minimum atomic E-state index is -0.691. The Labute approximate surface area is 186 Å². The van der Waals surface area contributed by atoms with E-state index in [4.69, 9.17) is 25.8 Å². The number of hydrogen-bond donors (Lipinski definition) is 1. The molecule has 0 saturated heterocycles. The summed E-state index contributed by atoms with van der Waals surface area (Å²) >= 11 is 7.33. The molecule has 0 saturated carbocycles. The van der Waals surface area contributed by atoms with Gasteiger partial charge >= 0.3 is 0 Å². The van der Waals surface area contributed by atoms with Crippen molar-refractivity contribution in [2.75, 3.05) is 26.1 Å². The summed E-state index contributed by atoms with van der Waals surface area (Å²) < 4.78 is 15.7. The molecule has 1 aromatic heterocycles. The first kappa shape index (κ1) is 22.3. The molecular formula is C20H18ClN3O6S. The fourth-order valence-electron chi connectivity index (χ4n) is 2.76. The van der Waals surface area contributed by atoms with Crippen LogP contribution in [0.25, 0.3) is 11.3 Å². The molecule has 162 valence electrons. The van der Waals surface area contributed by atoms with Gasteiger partial charge in [-0.3, -0.25) is 20.2 Å². The fourth-order valence-corrected chi connectivity index (χ4v) is 3.74. The third-order valence-corrected chi connectivity index (χ3v) is 5.25. The topological polar surface area (TPSA) is 113 Å². The molecule has 1 amide bonds. The highest BCUT2D eigenvalue weighted by Crippen LogP contribution is 2.36. The lowest BCUT2D eigenvalue weighted by atomic mass is 10.1. The van der Waals surface area contributed by atoms with Crippen molar-refractivity contribution in [1.29, 1.82) is 0 Å². The van der Waals surface area contributed by atoms with Crippen molar-refractivity contribution in [3.63, 3.8) is 0 Å². The quantitative estimate of drug-likeness (QED) is 0.367. The van der Waals surface area contributed by atoms with Gasteiger partial charge in [-0.15, -0.1) is 11.3 Å². The Kier molecular flexibility index (Phi) is 6.93. The zero-order valence-corrected chi connectivity index (χ0v) is 18.4. The highest BCUT2D eigenvalue weighted by molar-refractivity contribution is 7.14. The molecule has 0 aliphatic heterocycles. The Morgan fingerprint density at radius 3 is 2.55 bits per heavy atom. The molecule has 3 aromatic rings. The van der Waals surface area contributed by atoms with E-state index in [0.717, 1.165) is 11.6 Å². The Morgan fingerprint density at radius 1 is 1.19 bits per heavy atom. The van der Waals surface area contributed by atoms with Crippen LogP contribution in [0.15, 0.2) is 35.7 Å². The van der Waals surface area contributed by atoms with E-state index in [1.54, 1.807) is 30.5 Å². The maximum Gasteiger partial charge on any atom is 0.286 e. The van der Waals surface area contributed by atoms with Gasteiger partial charge < -0.3 is 14.2 Å². The number of halogens is 1. The number of hydrogen-bond acceptors (Lipinski definition) is 8. The number of methoxy groups -OCH3 is 2. The SMILES string of the molecule is CCOc1cc(C(=O)Nc2nc(-c3ccc(OC)c(Cl)c3)cs2)c([N+](=O)[O-])cc1OC. The summed E-state index contributed by atoms with van der Waals surface area (Å²) in [5.41, 5.74) is 0.746. The van der Waals surface area contributed by atoms with Gasteiger partial charge in [-0.25, -0.2) is 4.98 Å². The number of carbonyl (C=O) groups excluding carboxylic acids is 1. The standard InChI is InChI=1S/C20H18ClN3O6S/c1-4-30-18-8-12(15(24(26)27)9-17(18)29-3)19(25)23-20-22-14(10-31-20)11-5-6-16(28-2)13(21)7-11/h5-10H,4H2,1-3H3,(H,22,23,25). The van der Waals surface area contributed by atoms with E-state index < -0.39 is 16.5 Å². The lowest BCUT2D eigenvalue weighted by Gasteiger charge is -2.11. The minimum Gasteiger partial charge on any atom is -0.495 e. The van der Waals surface area contributed by atoms with Crippen molar-refractivity contribution in [2.45, 2.75) is 6.92 Å². The molecule has 1 heterocycles. The predicted molar refractivity (Wildman–Crippen MR) is 118 cm³/mol. The van der Waals surface area contributed by atoms with E-state index in [0.29, 0.717) is 23.1 Å². The number of benzene rings is 2. The van der Waals surface area contributed by atoms with Gasteiger partial charge in [0.05, 0.1) is 42.5 Å². The summed E-state index contributed by atoms with van der Waals surface area (Å²) in [5.74, 6) is 0.238. The normalized spacial score (nSPS) is 10.5. The van der Waals surface area contributed by atoms with Gasteiger partial charge in [0.1, 0.15) is 11.3 Å². The van der Waals surface area contributed by atoms with Crippen LogP contribution in [0.2, 0.25) is 5.02 Å². The lowest BCUT2D eigenvalue weighted by Crippen LogP contribution is -2.14. The molecule has 2 aromatic carbocycles. The number of nitrogens with zero attached hydrogens (tertiary/aromatic N) is 2. The molecule has 0 spiro atoms. The molecule has 0 aliphatic carbocycles. The van der Waals surface area contributed by atoms with Crippen molar-refractivity contribution in [2.24, 2.45) is 0 Å². The van der Waals surface area contributed by atoms with Gasteiger partial charge in [0, 0.05) is 17.0 Å². The van der Waals surface area contributed by atoms with Gasteiger partial charge in [0.25, 0.3) is 11.6 Å². The summed E-state index contributed by atoms with van der Waals surface area (Å²) in [6.07, 6.45) is 0. The van der Waals surface area contributed by atoms with Crippen LogP contribution in [0.4, 0.5) is 10.8 Å². The van der Waals surface area contributed by atoms with Gasteiger partial charge in [-0.05, 0) is 25.1 Å². The Morgan fingerprint density at radius 2 is 1.94 bits per heavy atom. The second-order valence-electron chi connectivity index (χ2n) is 6.05. The molecule has 0 bridgehead atoms. The number of aromatic nitrogens is 1. The van der Waals surface area contributed by atoms with Gasteiger partial charge in [0.2, 0.25) is 0 Å². The average molecular weight is 464 g/mol. The van der Waals surface area contributed by atoms with E-state index in [1.807, 2.05) is 0 Å². The highest BCUT2D eigenvalue weighted by atomic mass is 35.5. The molecule has 0 radical (unpaired) electrons. The van der Waals surface area contributed by atoms with Crippen LogP contribution in [0.3, 0.4) is 0 Å². The second-order valence-corrected chi connectivity index (χ2v) is 7.32. The number of nitro benzene ring substituents is 1. The third-order valence-electron chi connectivity index (χ3n) is 4.20. The lowest BCUT2D eigenvalue weighted by molar-refractivity contribution is -0.385. The number of anilines is 1. The van der Waals surface area contributed by atoms with Crippen LogP contribution in [-0.4, -0.2) is 36.6 Å². The number of rotatable bonds is 8. The maximum atomic E-state index is 12.8. The van der Waals surface area contributed by atoms with E-state index in [2.05, 4.69) is 10.3 Å². The van der Waals surface area contributed by atoms with Crippen molar-refractivity contribution < 1.29 is 23.9 Å². The zero-order valence-electron chi connectivity index (χ0n) is 16.8. The first-order chi connectivity index (χ1) is 14.9. The highest BCUT2D eigenvalue weighted by Gasteiger charge is 2.25. The number of carbonyl (C=O) groups is 1. The molecule has 3 rings (SSSR count). The van der Waals surface area contributed by atoms with Gasteiger partial charge in [-0.2, -0.15) is 0 Å². The van der Waals surface area contributed by atoms with Crippen molar-refractivity contribution in [3.8, 4) is 28.5 Å². The molecule has 11 heteroatoms. The zero-order chi connectivity index (χ0) is 22.5. The monoisotopic (exact) mass is 463 g/mol. The van der Waals surface area contributed by atoms with Crippen LogP contribution >= 0.6 is 22.9 Å². The maximum absolute atomic E-state index is 12.8. The summed E-state index contributed by atoms with van der Waals surface area (Å²) in [4.78, 5) is 28.0. The van der Waals surface area contributed by atoms with Crippen LogP contribution in [-0.2, 0) is 0 Å². The number of ether oxygens (including phenoxy) is 3. The minimum absolute atomic E-state index is 0.165. The van der Waals surface area contributed by atoms with E-state index >= 15 is 0 Å². The number of amides is 1.